The van der Waals surface area contributed by atoms with Gasteiger partial charge in [-0.05, 0) is 37.6 Å². The van der Waals surface area contributed by atoms with Crippen molar-refractivity contribution in [1.29, 1.82) is 0 Å². The second-order valence-corrected chi connectivity index (χ2v) is 6.76. The molecular weight excluding hydrogens is 212 g/mol. The first-order chi connectivity index (χ1) is 6.97. The van der Waals surface area contributed by atoms with E-state index in [1.165, 1.54) is 10.7 Å². The summed E-state index contributed by atoms with van der Waals surface area (Å²) in [6, 6.07) is 0. The first-order valence-corrected chi connectivity index (χ1v) is 7.22. The third-order valence-electron chi connectivity index (χ3n) is 3.10. The molecule has 0 bridgehead atoms. The van der Waals surface area contributed by atoms with Crippen LogP contribution in [0.4, 0.5) is 0 Å². The normalized spacial score (nSPS) is 25.9. The Kier molecular flexibility index (Phi) is 4.55. The van der Waals surface area contributed by atoms with E-state index in [0.29, 0.717) is 31.3 Å². The molecule has 0 heterocycles. The molecule has 4 nitrogen and oxygen atoms in total. The first kappa shape index (κ1) is 12.9. The average molecular weight is 234 g/mol. The van der Waals surface area contributed by atoms with Crippen LogP contribution in [0.3, 0.4) is 0 Å². The van der Waals surface area contributed by atoms with E-state index < -0.39 is 10.0 Å². The fourth-order valence-electron chi connectivity index (χ4n) is 1.68. The Morgan fingerprint density at radius 2 is 2.00 bits per heavy atom. The summed E-state index contributed by atoms with van der Waals surface area (Å²) in [5.74, 6) is 1.52. The minimum absolute atomic E-state index is 0.238. The molecule has 0 saturated heterocycles. The maximum absolute atomic E-state index is 11.8. The lowest BCUT2D eigenvalue weighted by Crippen LogP contribution is -2.31. The van der Waals surface area contributed by atoms with E-state index in [9.17, 15) is 8.42 Å². The minimum atomic E-state index is -3.03. The zero-order valence-electron chi connectivity index (χ0n) is 9.65. The molecule has 2 N–H and O–H groups in total. The Balaban J connectivity index is 2.32. The smallest absolute Gasteiger partial charge is 0.213 e. The highest BCUT2D eigenvalue weighted by molar-refractivity contribution is 7.89. The quantitative estimate of drug-likeness (QED) is 0.658. The standard InChI is InChI=1S/C10H22N2O2S/c1-9-7-10(9)8-12(2)15(13,14)6-4-3-5-11/h9-10H,3-8,11H2,1-2H3. The van der Waals surface area contributed by atoms with E-state index in [1.807, 2.05) is 0 Å². The Morgan fingerprint density at radius 1 is 1.40 bits per heavy atom. The molecule has 90 valence electrons. The van der Waals surface area contributed by atoms with E-state index in [2.05, 4.69) is 6.92 Å². The van der Waals surface area contributed by atoms with Crippen molar-refractivity contribution in [2.75, 3.05) is 25.9 Å². The van der Waals surface area contributed by atoms with E-state index >= 15 is 0 Å². The summed E-state index contributed by atoms with van der Waals surface area (Å²) >= 11 is 0. The van der Waals surface area contributed by atoms with Gasteiger partial charge in [-0.2, -0.15) is 0 Å². The van der Waals surface area contributed by atoms with Gasteiger partial charge in [0.2, 0.25) is 10.0 Å². The van der Waals surface area contributed by atoms with Gasteiger partial charge in [0, 0.05) is 13.6 Å². The van der Waals surface area contributed by atoms with Crippen LogP contribution in [0.2, 0.25) is 0 Å². The maximum atomic E-state index is 11.8. The van der Waals surface area contributed by atoms with Gasteiger partial charge in [0.1, 0.15) is 0 Å². The van der Waals surface area contributed by atoms with Crippen molar-refractivity contribution in [3.63, 3.8) is 0 Å². The molecule has 0 spiro atoms. The van der Waals surface area contributed by atoms with Crippen LogP contribution in [-0.2, 0) is 10.0 Å². The summed E-state index contributed by atoms with van der Waals surface area (Å²) in [7, 11) is -1.35. The van der Waals surface area contributed by atoms with Crippen molar-refractivity contribution in [3.8, 4) is 0 Å². The van der Waals surface area contributed by atoms with Gasteiger partial charge >= 0.3 is 0 Å². The topological polar surface area (TPSA) is 63.4 Å². The predicted molar refractivity (Wildman–Crippen MR) is 62.0 cm³/mol. The summed E-state index contributed by atoms with van der Waals surface area (Å²) in [6.07, 6.45) is 2.62. The molecule has 0 aromatic carbocycles. The molecule has 1 aliphatic carbocycles. The number of rotatable bonds is 7. The monoisotopic (exact) mass is 234 g/mol. The van der Waals surface area contributed by atoms with Gasteiger partial charge in [-0.3, -0.25) is 0 Å². The summed E-state index contributed by atoms with van der Waals surface area (Å²) < 4.78 is 25.0. The summed E-state index contributed by atoms with van der Waals surface area (Å²) in [6.45, 7) is 3.42. The van der Waals surface area contributed by atoms with Crippen LogP contribution >= 0.6 is 0 Å². The van der Waals surface area contributed by atoms with Gasteiger partial charge in [-0.25, -0.2) is 12.7 Å². The fourth-order valence-corrected chi connectivity index (χ4v) is 2.98. The average Bonchev–Trinajstić information content (AvgIpc) is 2.82. The first-order valence-electron chi connectivity index (χ1n) is 5.61. The SMILES string of the molecule is CC1CC1CN(C)S(=O)(=O)CCCCN. The lowest BCUT2D eigenvalue weighted by atomic mass is 10.3. The van der Waals surface area contributed by atoms with Crippen LogP contribution in [0, 0.1) is 11.8 Å². The van der Waals surface area contributed by atoms with Crippen LogP contribution in [0.1, 0.15) is 26.2 Å². The number of sulfonamides is 1. The molecule has 0 amide bonds. The highest BCUT2D eigenvalue weighted by atomic mass is 32.2. The molecule has 15 heavy (non-hydrogen) atoms. The maximum Gasteiger partial charge on any atom is 0.213 e. The van der Waals surface area contributed by atoms with Gasteiger partial charge in [0.05, 0.1) is 5.75 Å². The number of hydrogen-bond donors (Lipinski definition) is 1. The predicted octanol–water partition coefficient (Wildman–Crippen LogP) is 0.643. The Morgan fingerprint density at radius 3 is 2.47 bits per heavy atom. The molecular formula is C10H22N2O2S. The lowest BCUT2D eigenvalue weighted by Gasteiger charge is -2.16. The second-order valence-electron chi connectivity index (χ2n) is 4.57. The largest absolute Gasteiger partial charge is 0.330 e. The van der Waals surface area contributed by atoms with Crippen LogP contribution < -0.4 is 5.73 Å². The highest BCUT2D eigenvalue weighted by Gasteiger charge is 2.35. The van der Waals surface area contributed by atoms with E-state index in [1.54, 1.807) is 7.05 Å². The molecule has 2 atom stereocenters. The van der Waals surface area contributed by atoms with Crippen molar-refractivity contribution in [1.82, 2.24) is 4.31 Å². The molecule has 5 heteroatoms. The van der Waals surface area contributed by atoms with E-state index in [0.717, 1.165) is 6.42 Å². The molecule has 0 aromatic heterocycles. The molecule has 1 aliphatic rings. The number of nitrogens with two attached hydrogens (primary N) is 1. The minimum Gasteiger partial charge on any atom is -0.330 e. The zero-order valence-corrected chi connectivity index (χ0v) is 10.5. The van der Waals surface area contributed by atoms with Gasteiger partial charge < -0.3 is 5.73 Å². The second kappa shape index (κ2) is 5.27. The van der Waals surface area contributed by atoms with E-state index in [-0.39, 0.29) is 5.75 Å². The van der Waals surface area contributed by atoms with Gasteiger partial charge in [-0.1, -0.05) is 6.92 Å². The van der Waals surface area contributed by atoms with Crippen molar-refractivity contribution in [2.45, 2.75) is 26.2 Å². The van der Waals surface area contributed by atoms with Crippen LogP contribution in [0.5, 0.6) is 0 Å². The molecule has 1 rings (SSSR count). The van der Waals surface area contributed by atoms with Gasteiger partial charge in [-0.15, -0.1) is 0 Å². The van der Waals surface area contributed by atoms with Gasteiger partial charge in [0.15, 0.2) is 0 Å². The molecule has 1 fully saturated rings. The van der Waals surface area contributed by atoms with Gasteiger partial charge in [0.25, 0.3) is 0 Å². The summed E-state index contributed by atoms with van der Waals surface area (Å²) in [5.41, 5.74) is 5.33. The third kappa shape index (κ3) is 4.09. The van der Waals surface area contributed by atoms with E-state index in [4.69, 9.17) is 5.73 Å². The molecule has 2 unspecified atom stereocenters. The summed E-state index contributed by atoms with van der Waals surface area (Å²) in [4.78, 5) is 0. The number of nitrogens with zero attached hydrogens (tertiary/aromatic N) is 1. The molecule has 0 aromatic rings. The van der Waals surface area contributed by atoms with Crippen LogP contribution in [0.25, 0.3) is 0 Å². The zero-order chi connectivity index (χ0) is 11.5. The van der Waals surface area contributed by atoms with Crippen molar-refractivity contribution in [3.05, 3.63) is 0 Å². The van der Waals surface area contributed by atoms with Crippen LogP contribution in [0.15, 0.2) is 0 Å². The number of hydrogen-bond acceptors (Lipinski definition) is 3. The molecule has 0 radical (unpaired) electrons. The Bertz CT molecular complexity index is 290. The van der Waals surface area contributed by atoms with Crippen molar-refractivity contribution < 1.29 is 8.42 Å². The lowest BCUT2D eigenvalue weighted by molar-refractivity contribution is 0.443. The Hall–Kier alpha value is -0.130. The third-order valence-corrected chi connectivity index (χ3v) is 5.00. The van der Waals surface area contributed by atoms with Crippen molar-refractivity contribution >= 4 is 10.0 Å². The molecule has 0 aliphatic heterocycles. The molecule has 1 saturated carbocycles. The summed E-state index contributed by atoms with van der Waals surface area (Å²) in [5, 5.41) is 0. The van der Waals surface area contributed by atoms with Crippen molar-refractivity contribution in [2.24, 2.45) is 17.6 Å². The number of unbranched alkanes of at least 4 members (excludes halogenated alkanes) is 1. The Labute approximate surface area is 92.9 Å². The van der Waals surface area contributed by atoms with Crippen LogP contribution in [-0.4, -0.2) is 38.6 Å². The highest BCUT2D eigenvalue weighted by Crippen LogP contribution is 2.38. The fraction of sp³-hybridized carbons (Fsp3) is 1.00.